The van der Waals surface area contributed by atoms with Crippen LogP contribution in [0.1, 0.15) is 19.3 Å². The molecule has 0 saturated heterocycles. The number of methoxy groups -OCH3 is 1. The normalized spacial score (nSPS) is 10.7. The molecule has 0 spiro atoms. The van der Waals surface area contributed by atoms with E-state index in [0.29, 0.717) is 5.69 Å². The molecule has 0 fully saturated rings. The number of para-hydroxylation sites is 1. The predicted molar refractivity (Wildman–Crippen MR) is 79.1 cm³/mol. The summed E-state index contributed by atoms with van der Waals surface area (Å²) in [6.45, 7) is 0.0983. The molecule has 114 valence electrons. The number of hydrogen-bond donors (Lipinski definition) is 0. The summed E-state index contributed by atoms with van der Waals surface area (Å²) in [6, 6.07) is 10.6. The highest BCUT2D eigenvalue weighted by Gasteiger charge is 2.22. The molecule has 1 rings (SSSR count). The third-order valence-corrected chi connectivity index (χ3v) is 4.69. The van der Waals surface area contributed by atoms with Gasteiger partial charge in [-0.2, -0.15) is 5.26 Å². The zero-order chi connectivity index (χ0) is 15.7. The van der Waals surface area contributed by atoms with Gasteiger partial charge in [-0.05, 0) is 18.6 Å². The van der Waals surface area contributed by atoms with Crippen molar-refractivity contribution in [3.05, 3.63) is 30.3 Å². The zero-order valence-corrected chi connectivity index (χ0v) is 12.7. The number of nitriles is 1. The van der Waals surface area contributed by atoms with E-state index in [0.717, 1.165) is 0 Å². The lowest BCUT2D eigenvalue weighted by Crippen LogP contribution is -2.34. The molecule has 7 heteroatoms. The molecule has 0 heterocycles. The Labute approximate surface area is 125 Å². The number of hydrogen-bond acceptors (Lipinski definition) is 5. The summed E-state index contributed by atoms with van der Waals surface area (Å²) >= 11 is 0. The van der Waals surface area contributed by atoms with E-state index in [2.05, 4.69) is 4.74 Å². The molecule has 0 aliphatic rings. The molecule has 1 aromatic rings. The molecular formula is C14H18N2O4S. The van der Waals surface area contributed by atoms with E-state index in [1.807, 2.05) is 6.07 Å². The van der Waals surface area contributed by atoms with Gasteiger partial charge in [0.25, 0.3) is 0 Å². The first-order chi connectivity index (χ1) is 10.0. The van der Waals surface area contributed by atoms with Crippen LogP contribution in [0.25, 0.3) is 0 Å². The number of anilines is 1. The Balaban J connectivity index is 2.82. The number of nitrogens with zero attached hydrogens (tertiary/aromatic N) is 2. The van der Waals surface area contributed by atoms with Crippen molar-refractivity contribution in [3.8, 4) is 6.07 Å². The van der Waals surface area contributed by atoms with Crippen molar-refractivity contribution in [2.45, 2.75) is 19.3 Å². The van der Waals surface area contributed by atoms with Crippen molar-refractivity contribution in [2.75, 3.05) is 23.7 Å². The summed E-state index contributed by atoms with van der Waals surface area (Å²) in [5.41, 5.74) is 0.519. The van der Waals surface area contributed by atoms with Crippen molar-refractivity contribution in [2.24, 2.45) is 0 Å². The van der Waals surface area contributed by atoms with E-state index in [9.17, 15) is 13.2 Å². The van der Waals surface area contributed by atoms with Crippen LogP contribution < -0.4 is 4.31 Å². The topological polar surface area (TPSA) is 87.5 Å². The van der Waals surface area contributed by atoms with Crippen LogP contribution in [0.4, 0.5) is 5.69 Å². The van der Waals surface area contributed by atoms with Crippen molar-refractivity contribution >= 4 is 21.7 Å². The van der Waals surface area contributed by atoms with E-state index >= 15 is 0 Å². The fraction of sp³-hybridized carbons (Fsp3) is 0.429. The van der Waals surface area contributed by atoms with E-state index in [-0.39, 0.29) is 31.6 Å². The average Bonchev–Trinajstić information content (AvgIpc) is 2.48. The molecule has 0 unspecified atom stereocenters. The van der Waals surface area contributed by atoms with Crippen LogP contribution in [-0.2, 0) is 19.6 Å². The Morgan fingerprint density at radius 1 is 1.33 bits per heavy atom. The van der Waals surface area contributed by atoms with Crippen LogP contribution in [0, 0.1) is 11.3 Å². The molecule has 0 saturated carbocycles. The summed E-state index contributed by atoms with van der Waals surface area (Å²) in [7, 11) is -2.31. The van der Waals surface area contributed by atoms with Gasteiger partial charge in [0.15, 0.2) is 0 Å². The number of esters is 1. The maximum atomic E-state index is 12.4. The molecule has 0 aliphatic heterocycles. The van der Waals surface area contributed by atoms with Crippen LogP contribution >= 0.6 is 0 Å². The third-order valence-electron chi connectivity index (χ3n) is 2.82. The quantitative estimate of drug-likeness (QED) is 0.682. The van der Waals surface area contributed by atoms with Crippen molar-refractivity contribution in [1.29, 1.82) is 5.26 Å². The molecule has 0 amide bonds. The fourth-order valence-electron chi connectivity index (χ4n) is 1.79. The number of carbonyl (C=O) groups is 1. The van der Waals surface area contributed by atoms with E-state index < -0.39 is 16.0 Å². The standard InChI is InChI=1S/C14H18N2O4S/c1-20-14(17)9-5-12-21(18,19)16(11-6-10-15)13-7-3-2-4-8-13/h2-4,7-8H,5-6,9,11-12H2,1H3. The van der Waals surface area contributed by atoms with Gasteiger partial charge in [0.1, 0.15) is 0 Å². The minimum Gasteiger partial charge on any atom is -0.469 e. The number of rotatable bonds is 8. The Kier molecular flexibility index (Phi) is 6.69. The molecule has 0 bridgehead atoms. The Hall–Kier alpha value is -2.07. The lowest BCUT2D eigenvalue weighted by Gasteiger charge is -2.23. The number of ether oxygens (including phenoxy) is 1. The summed E-state index contributed by atoms with van der Waals surface area (Å²) in [5, 5.41) is 8.68. The van der Waals surface area contributed by atoms with Crippen LogP contribution in [-0.4, -0.2) is 33.8 Å². The van der Waals surface area contributed by atoms with Gasteiger partial charge in [-0.25, -0.2) is 8.42 Å². The molecular weight excluding hydrogens is 292 g/mol. The molecule has 0 aliphatic carbocycles. The lowest BCUT2D eigenvalue weighted by atomic mass is 10.3. The maximum absolute atomic E-state index is 12.4. The number of sulfonamides is 1. The van der Waals surface area contributed by atoms with Crippen LogP contribution in [0.15, 0.2) is 30.3 Å². The smallest absolute Gasteiger partial charge is 0.305 e. The number of carbonyl (C=O) groups excluding carboxylic acids is 1. The SMILES string of the molecule is COC(=O)CCCS(=O)(=O)N(CCC#N)c1ccccc1. The van der Waals surface area contributed by atoms with Crippen LogP contribution in [0.3, 0.4) is 0 Å². The van der Waals surface area contributed by atoms with Gasteiger partial charge in [0.05, 0.1) is 31.0 Å². The molecule has 21 heavy (non-hydrogen) atoms. The predicted octanol–water partition coefficient (Wildman–Crippen LogP) is 1.69. The highest BCUT2D eigenvalue weighted by molar-refractivity contribution is 7.92. The van der Waals surface area contributed by atoms with Crippen molar-refractivity contribution in [3.63, 3.8) is 0 Å². The zero-order valence-electron chi connectivity index (χ0n) is 11.9. The van der Waals surface area contributed by atoms with Crippen LogP contribution in [0.5, 0.6) is 0 Å². The van der Waals surface area contributed by atoms with E-state index in [1.54, 1.807) is 30.3 Å². The molecule has 0 radical (unpaired) electrons. The largest absolute Gasteiger partial charge is 0.469 e. The molecule has 0 N–H and O–H groups in total. The van der Waals surface area contributed by atoms with Gasteiger partial charge in [-0.3, -0.25) is 9.10 Å². The van der Waals surface area contributed by atoms with Gasteiger partial charge in [0, 0.05) is 13.0 Å². The second-order valence-corrected chi connectivity index (χ2v) is 6.32. The molecule has 1 aromatic carbocycles. The maximum Gasteiger partial charge on any atom is 0.305 e. The Morgan fingerprint density at radius 3 is 2.57 bits per heavy atom. The first-order valence-corrected chi connectivity index (χ1v) is 8.11. The van der Waals surface area contributed by atoms with Gasteiger partial charge in [-0.15, -0.1) is 0 Å². The highest BCUT2D eigenvalue weighted by atomic mass is 32.2. The minimum absolute atomic E-state index is 0.0522. The van der Waals surface area contributed by atoms with Gasteiger partial charge in [-0.1, -0.05) is 18.2 Å². The van der Waals surface area contributed by atoms with Gasteiger partial charge >= 0.3 is 5.97 Å². The lowest BCUT2D eigenvalue weighted by molar-refractivity contribution is -0.140. The average molecular weight is 310 g/mol. The number of benzene rings is 1. The van der Waals surface area contributed by atoms with Gasteiger partial charge < -0.3 is 4.74 Å². The van der Waals surface area contributed by atoms with E-state index in [1.165, 1.54) is 11.4 Å². The van der Waals surface area contributed by atoms with Crippen LogP contribution in [0.2, 0.25) is 0 Å². The Morgan fingerprint density at radius 2 is 2.00 bits per heavy atom. The van der Waals surface area contributed by atoms with Gasteiger partial charge in [0.2, 0.25) is 10.0 Å². The molecule has 0 atom stereocenters. The highest BCUT2D eigenvalue weighted by Crippen LogP contribution is 2.19. The summed E-state index contributed by atoms with van der Waals surface area (Å²) < 4.78 is 30.4. The van der Waals surface area contributed by atoms with Crippen molar-refractivity contribution in [1.82, 2.24) is 0 Å². The Bertz CT molecular complexity index is 593. The summed E-state index contributed by atoms with van der Waals surface area (Å²) in [4.78, 5) is 11.0. The van der Waals surface area contributed by atoms with Crippen molar-refractivity contribution < 1.29 is 17.9 Å². The molecule has 0 aromatic heterocycles. The summed E-state index contributed by atoms with van der Waals surface area (Å²) in [6.07, 6.45) is 0.340. The second kappa shape index (κ2) is 8.27. The molecule has 6 nitrogen and oxygen atoms in total. The first kappa shape index (κ1) is 17.0. The minimum atomic E-state index is -3.58. The fourth-order valence-corrected chi connectivity index (χ4v) is 3.33. The second-order valence-electron chi connectivity index (χ2n) is 4.31. The summed E-state index contributed by atoms with van der Waals surface area (Å²) in [5.74, 6) is -0.601. The van der Waals surface area contributed by atoms with E-state index in [4.69, 9.17) is 5.26 Å². The third kappa shape index (κ3) is 5.44. The first-order valence-electron chi connectivity index (χ1n) is 6.50. The monoisotopic (exact) mass is 310 g/mol.